The molecule has 30 heavy (non-hydrogen) atoms. The molecule has 0 saturated heterocycles. The largest absolute Gasteiger partial charge is 0.390 e. The second-order valence-electron chi connectivity index (χ2n) is 7.86. The first-order valence-corrected chi connectivity index (χ1v) is 11.4. The van der Waals surface area contributed by atoms with Gasteiger partial charge in [0.15, 0.2) is 0 Å². The van der Waals surface area contributed by atoms with Gasteiger partial charge in [0.05, 0.1) is 17.8 Å². The van der Waals surface area contributed by atoms with Crippen molar-refractivity contribution in [1.82, 2.24) is 15.5 Å². The highest BCUT2D eigenvalue weighted by Crippen LogP contribution is 2.39. The average molecular weight is 497 g/mol. The first-order valence-electron chi connectivity index (χ1n) is 9.74. The molecule has 3 aromatic rings. The zero-order valence-electron chi connectivity index (χ0n) is 16.2. The molecule has 2 unspecified atom stereocenters. The number of halogens is 3. The summed E-state index contributed by atoms with van der Waals surface area (Å²) in [5, 5.41) is 23.5. The van der Waals surface area contributed by atoms with Crippen LogP contribution < -0.4 is 11.1 Å². The zero-order valence-corrected chi connectivity index (χ0v) is 18.6. The van der Waals surface area contributed by atoms with Gasteiger partial charge in [-0.25, -0.2) is 8.78 Å². The van der Waals surface area contributed by atoms with E-state index in [-0.39, 0.29) is 18.5 Å². The molecule has 2 heterocycles. The van der Waals surface area contributed by atoms with Crippen molar-refractivity contribution >= 4 is 27.3 Å². The number of fused-ring (bicyclic) bond motifs is 1. The Morgan fingerprint density at radius 1 is 1.30 bits per heavy atom. The van der Waals surface area contributed by atoms with Crippen molar-refractivity contribution in [3.63, 3.8) is 0 Å². The molecule has 5 nitrogen and oxygen atoms in total. The predicted octanol–water partition coefficient (Wildman–Crippen LogP) is 3.42. The van der Waals surface area contributed by atoms with Crippen LogP contribution in [-0.2, 0) is 24.8 Å². The summed E-state index contributed by atoms with van der Waals surface area (Å²) in [6, 6.07) is 4.76. The van der Waals surface area contributed by atoms with Gasteiger partial charge in [0.1, 0.15) is 11.6 Å². The van der Waals surface area contributed by atoms with E-state index in [0.717, 1.165) is 41.1 Å². The maximum atomic E-state index is 13.4. The molecule has 1 aliphatic rings. The number of thiophene rings is 1. The summed E-state index contributed by atoms with van der Waals surface area (Å²) < 4.78 is 27.9. The average Bonchev–Trinajstić information content (AvgIpc) is 3.33. The lowest BCUT2D eigenvalue weighted by atomic mass is 9.79. The van der Waals surface area contributed by atoms with Crippen molar-refractivity contribution in [2.45, 2.75) is 43.4 Å². The number of hydrogen-bond donors (Lipinski definition) is 4. The smallest absolute Gasteiger partial charge is 0.126 e. The molecule has 5 N–H and O–H groups in total. The number of nitrogens with two attached hydrogens (primary N) is 1. The molecule has 0 fully saturated rings. The van der Waals surface area contributed by atoms with Crippen LogP contribution in [0.2, 0.25) is 0 Å². The Kier molecular flexibility index (Phi) is 6.36. The Hall–Kier alpha value is -1.65. The summed E-state index contributed by atoms with van der Waals surface area (Å²) in [7, 11) is 0. The van der Waals surface area contributed by atoms with E-state index in [1.54, 1.807) is 11.3 Å². The maximum Gasteiger partial charge on any atom is 0.126 e. The van der Waals surface area contributed by atoms with E-state index in [9.17, 15) is 13.9 Å². The fourth-order valence-corrected chi connectivity index (χ4v) is 5.69. The monoisotopic (exact) mass is 496 g/mol. The molecular weight excluding hydrogens is 474 g/mol. The van der Waals surface area contributed by atoms with Crippen molar-refractivity contribution in [2.24, 2.45) is 5.73 Å². The van der Waals surface area contributed by atoms with Gasteiger partial charge >= 0.3 is 0 Å². The number of H-pyrrole nitrogens is 1. The lowest BCUT2D eigenvalue weighted by Gasteiger charge is -2.38. The Balaban J connectivity index is 1.47. The van der Waals surface area contributed by atoms with Gasteiger partial charge in [-0.15, -0.1) is 11.3 Å². The van der Waals surface area contributed by atoms with Crippen LogP contribution in [0.15, 0.2) is 40.3 Å². The summed E-state index contributed by atoms with van der Waals surface area (Å²) >= 11 is 5.19. The summed E-state index contributed by atoms with van der Waals surface area (Å²) in [5.74, 6) is -1.30. The SMILES string of the molecule is NC(Cc1cc(F)cc(F)c1)[C@H](O)CNC1(c2cc(Br)cs2)CCc2[nH]ncc2C1. The molecule has 1 aliphatic carbocycles. The van der Waals surface area contributed by atoms with Gasteiger partial charge in [0.25, 0.3) is 0 Å². The summed E-state index contributed by atoms with van der Waals surface area (Å²) in [6.07, 6.45) is 3.62. The molecule has 4 rings (SSSR count). The summed E-state index contributed by atoms with van der Waals surface area (Å²) in [4.78, 5) is 1.18. The van der Waals surface area contributed by atoms with Crippen LogP contribution in [0.5, 0.6) is 0 Å². The van der Waals surface area contributed by atoms with Gasteiger partial charge < -0.3 is 16.2 Å². The minimum Gasteiger partial charge on any atom is -0.390 e. The topological polar surface area (TPSA) is 87.0 Å². The van der Waals surface area contributed by atoms with E-state index in [4.69, 9.17) is 5.73 Å². The van der Waals surface area contributed by atoms with Gasteiger partial charge in [-0.2, -0.15) is 5.10 Å². The normalized spacial score (nSPS) is 20.7. The van der Waals surface area contributed by atoms with Crippen molar-refractivity contribution < 1.29 is 13.9 Å². The quantitative estimate of drug-likeness (QED) is 0.403. The molecule has 1 aromatic carbocycles. The minimum absolute atomic E-state index is 0.182. The standard InChI is InChI=1S/C21H23BrF2N4OS/c22-14-6-20(30-11-14)21(2-1-18-13(8-21)9-27-28-18)26-10-19(29)17(25)5-12-3-15(23)7-16(24)4-12/h3-4,6-7,9,11,17,19,26,29H,1-2,5,8,10,25H2,(H,27,28)/t17?,19-,21?/m1/s1. The fraction of sp³-hybridized carbons (Fsp3) is 0.381. The minimum atomic E-state index is -0.873. The van der Waals surface area contributed by atoms with Crippen LogP contribution in [0.1, 0.15) is 28.1 Å². The van der Waals surface area contributed by atoms with Crippen LogP contribution in [0, 0.1) is 11.6 Å². The molecular formula is C21H23BrF2N4OS. The number of nitrogens with zero attached hydrogens (tertiary/aromatic N) is 1. The van der Waals surface area contributed by atoms with Crippen molar-refractivity contribution in [3.8, 4) is 0 Å². The Morgan fingerprint density at radius 2 is 2.07 bits per heavy atom. The van der Waals surface area contributed by atoms with Crippen LogP contribution in [0.3, 0.4) is 0 Å². The molecule has 3 atom stereocenters. The van der Waals surface area contributed by atoms with Gasteiger partial charge in [0.2, 0.25) is 0 Å². The van der Waals surface area contributed by atoms with E-state index < -0.39 is 23.8 Å². The summed E-state index contributed by atoms with van der Waals surface area (Å²) in [6.45, 7) is 0.266. The predicted molar refractivity (Wildman–Crippen MR) is 116 cm³/mol. The molecule has 2 aromatic heterocycles. The lowest BCUT2D eigenvalue weighted by Crippen LogP contribution is -2.52. The number of aliphatic hydroxyl groups excluding tert-OH is 1. The number of rotatable bonds is 7. The van der Waals surface area contributed by atoms with E-state index in [1.807, 2.05) is 11.6 Å². The Labute approximate surface area is 185 Å². The van der Waals surface area contributed by atoms with E-state index in [1.165, 1.54) is 17.0 Å². The van der Waals surface area contributed by atoms with Crippen molar-refractivity contribution in [1.29, 1.82) is 0 Å². The lowest BCUT2D eigenvalue weighted by molar-refractivity contribution is 0.123. The van der Waals surface area contributed by atoms with Crippen molar-refractivity contribution in [2.75, 3.05) is 6.54 Å². The molecule has 9 heteroatoms. The first-order chi connectivity index (χ1) is 14.3. The van der Waals surface area contributed by atoms with Crippen LogP contribution in [-0.4, -0.2) is 34.0 Å². The molecule has 0 bridgehead atoms. The molecule has 0 aliphatic heterocycles. The van der Waals surface area contributed by atoms with Gasteiger partial charge in [-0.3, -0.25) is 5.10 Å². The van der Waals surface area contributed by atoms with Gasteiger partial charge in [-0.1, -0.05) is 0 Å². The van der Waals surface area contributed by atoms with Crippen LogP contribution in [0.4, 0.5) is 8.78 Å². The second kappa shape index (κ2) is 8.84. The number of nitrogens with one attached hydrogen (secondary N) is 2. The number of hydrogen-bond acceptors (Lipinski definition) is 5. The zero-order chi connectivity index (χ0) is 21.3. The van der Waals surface area contributed by atoms with E-state index in [2.05, 4.69) is 37.5 Å². The Bertz CT molecular complexity index is 1010. The fourth-order valence-electron chi connectivity index (χ4n) is 4.06. The van der Waals surface area contributed by atoms with Gasteiger partial charge in [0, 0.05) is 39.1 Å². The highest BCUT2D eigenvalue weighted by atomic mass is 79.9. The Morgan fingerprint density at radius 3 is 2.77 bits per heavy atom. The van der Waals surface area contributed by atoms with Crippen LogP contribution in [0.25, 0.3) is 0 Å². The van der Waals surface area contributed by atoms with E-state index in [0.29, 0.717) is 5.56 Å². The number of aromatic amines is 1. The highest BCUT2D eigenvalue weighted by molar-refractivity contribution is 9.10. The molecule has 160 valence electrons. The molecule has 0 spiro atoms. The maximum absolute atomic E-state index is 13.4. The number of aryl methyl sites for hydroxylation is 1. The number of aromatic nitrogens is 2. The second-order valence-corrected chi connectivity index (χ2v) is 9.68. The molecule has 0 amide bonds. The number of aliphatic hydroxyl groups is 1. The third-order valence-corrected chi connectivity index (χ3v) is 7.57. The molecule has 0 radical (unpaired) electrons. The molecule has 0 saturated carbocycles. The number of benzene rings is 1. The highest BCUT2D eigenvalue weighted by Gasteiger charge is 2.38. The third-order valence-electron chi connectivity index (χ3n) is 5.68. The van der Waals surface area contributed by atoms with E-state index >= 15 is 0 Å². The van der Waals surface area contributed by atoms with Crippen LogP contribution >= 0.6 is 27.3 Å². The first kappa shape index (κ1) is 21.6. The summed E-state index contributed by atoms with van der Waals surface area (Å²) in [5.41, 5.74) is 8.56. The third kappa shape index (κ3) is 4.65. The van der Waals surface area contributed by atoms with Crippen molar-refractivity contribution in [3.05, 3.63) is 73.6 Å². The van der Waals surface area contributed by atoms with Gasteiger partial charge in [-0.05, 0) is 70.9 Å².